The molecule has 0 bridgehead atoms. The maximum atomic E-state index is 12.4. The molecule has 0 radical (unpaired) electrons. The molecule has 1 aliphatic rings. The summed E-state index contributed by atoms with van der Waals surface area (Å²) >= 11 is 0. The third-order valence-corrected chi connectivity index (χ3v) is 4.77. The van der Waals surface area contributed by atoms with Crippen LogP contribution in [0.15, 0.2) is 0 Å². The fraction of sp³-hybridized carbons (Fsp3) is 0.941. The number of likely N-dealkylation sites (N-methyl/N-ethyl adjacent to an activating group) is 1. The molecule has 124 valence electrons. The van der Waals surface area contributed by atoms with Gasteiger partial charge in [0.1, 0.15) is 5.54 Å². The number of rotatable bonds is 9. The van der Waals surface area contributed by atoms with Crippen LogP contribution in [0.3, 0.4) is 0 Å². The van der Waals surface area contributed by atoms with Crippen molar-refractivity contribution < 1.29 is 9.53 Å². The van der Waals surface area contributed by atoms with E-state index < -0.39 is 5.54 Å². The minimum atomic E-state index is -0.451. The van der Waals surface area contributed by atoms with Crippen LogP contribution in [0.5, 0.6) is 0 Å². The summed E-state index contributed by atoms with van der Waals surface area (Å²) < 4.78 is 5.33. The molecule has 0 aliphatic heterocycles. The predicted octanol–water partition coefficient (Wildman–Crippen LogP) is 2.68. The lowest BCUT2D eigenvalue weighted by Gasteiger charge is -2.34. The maximum Gasteiger partial charge on any atom is 0.326 e. The first-order valence-corrected chi connectivity index (χ1v) is 8.58. The first-order chi connectivity index (χ1) is 10.00. The highest BCUT2D eigenvalue weighted by Crippen LogP contribution is 2.38. The van der Waals surface area contributed by atoms with Gasteiger partial charge in [-0.05, 0) is 58.2 Å². The van der Waals surface area contributed by atoms with E-state index in [0.29, 0.717) is 18.4 Å². The normalized spacial score (nSPS) is 25.8. The molecule has 0 heterocycles. The minimum absolute atomic E-state index is 0.0538. The summed E-state index contributed by atoms with van der Waals surface area (Å²) in [5, 5.41) is 3.30. The first kappa shape index (κ1) is 18.4. The molecular weight excluding hydrogens is 264 g/mol. The van der Waals surface area contributed by atoms with Crippen LogP contribution < -0.4 is 5.32 Å². The van der Waals surface area contributed by atoms with Crippen molar-refractivity contribution in [1.29, 1.82) is 0 Å². The van der Waals surface area contributed by atoms with Gasteiger partial charge in [-0.2, -0.15) is 0 Å². The quantitative estimate of drug-likeness (QED) is 0.665. The molecule has 0 aromatic heterocycles. The Hall–Kier alpha value is -0.610. The number of hydrogen-bond acceptors (Lipinski definition) is 4. The molecule has 2 atom stereocenters. The third-order valence-electron chi connectivity index (χ3n) is 4.77. The van der Waals surface area contributed by atoms with Gasteiger partial charge in [0.2, 0.25) is 0 Å². The molecule has 21 heavy (non-hydrogen) atoms. The van der Waals surface area contributed by atoms with Crippen molar-refractivity contribution in [3.8, 4) is 0 Å². The highest BCUT2D eigenvalue weighted by atomic mass is 16.5. The van der Waals surface area contributed by atoms with E-state index in [1.807, 2.05) is 14.0 Å². The Balaban J connectivity index is 2.65. The molecule has 0 amide bonds. The number of ether oxygens (including phenoxy) is 1. The van der Waals surface area contributed by atoms with Crippen molar-refractivity contribution >= 4 is 5.97 Å². The fourth-order valence-electron chi connectivity index (χ4n) is 3.66. The van der Waals surface area contributed by atoms with Gasteiger partial charge in [-0.15, -0.1) is 0 Å². The van der Waals surface area contributed by atoms with Crippen LogP contribution in [0, 0.1) is 11.8 Å². The van der Waals surface area contributed by atoms with Gasteiger partial charge in [0.25, 0.3) is 0 Å². The van der Waals surface area contributed by atoms with Crippen molar-refractivity contribution in [3.05, 3.63) is 0 Å². The van der Waals surface area contributed by atoms with E-state index in [4.69, 9.17) is 4.74 Å². The van der Waals surface area contributed by atoms with Crippen LogP contribution in [0.4, 0.5) is 0 Å². The van der Waals surface area contributed by atoms with Crippen molar-refractivity contribution in [1.82, 2.24) is 10.2 Å². The van der Waals surface area contributed by atoms with E-state index in [0.717, 1.165) is 45.3 Å². The van der Waals surface area contributed by atoms with Crippen molar-refractivity contribution in [3.63, 3.8) is 0 Å². The molecular formula is C17H34N2O2. The molecule has 1 saturated carbocycles. The summed E-state index contributed by atoms with van der Waals surface area (Å²) in [5.41, 5.74) is -0.451. The Labute approximate surface area is 130 Å². The summed E-state index contributed by atoms with van der Waals surface area (Å²) in [6.07, 6.45) is 4.21. The third kappa shape index (κ3) is 4.68. The van der Waals surface area contributed by atoms with Gasteiger partial charge in [0.05, 0.1) is 6.61 Å². The van der Waals surface area contributed by atoms with Crippen LogP contribution in [-0.2, 0) is 9.53 Å². The van der Waals surface area contributed by atoms with Crippen molar-refractivity contribution in [2.75, 3.05) is 33.3 Å². The predicted molar refractivity (Wildman–Crippen MR) is 87.3 cm³/mol. The molecule has 0 saturated heterocycles. The van der Waals surface area contributed by atoms with E-state index in [1.165, 1.54) is 0 Å². The Bertz CT molecular complexity index is 320. The molecule has 1 aliphatic carbocycles. The second-order valence-electron chi connectivity index (χ2n) is 6.61. The Morgan fingerprint density at radius 3 is 2.67 bits per heavy atom. The van der Waals surface area contributed by atoms with Gasteiger partial charge in [-0.3, -0.25) is 4.79 Å². The number of nitrogens with one attached hydrogen (secondary N) is 1. The van der Waals surface area contributed by atoms with Gasteiger partial charge in [0, 0.05) is 6.54 Å². The average Bonchev–Trinajstić information content (AvgIpc) is 2.87. The molecule has 0 spiro atoms. The van der Waals surface area contributed by atoms with Crippen molar-refractivity contribution in [2.24, 2.45) is 11.8 Å². The summed E-state index contributed by atoms with van der Waals surface area (Å²) in [6.45, 7) is 12.4. The van der Waals surface area contributed by atoms with E-state index in [-0.39, 0.29) is 5.97 Å². The molecule has 1 N–H and O–H groups in total. The fourth-order valence-corrected chi connectivity index (χ4v) is 3.66. The van der Waals surface area contributed by atoms with Crippen LogP contribution in [0.1, 0.15) is 53.4 Å². The second-order valence-corrected chi connectivity index (χ2v) is 6.61. The Morgan fingerprint density at radius 1 is 1.43 bits per heavy atom. The largest absolute Gasteiger partial charge is 0.465 e. The topological polar surface area (TPSA) is 41.6 Å². The Morgan fingerprint density at radius 2 is 2.14 bits per heavy atom. The highest BCUT2D eigenvalue weighted by Gasteiger charge is 2.48. The van der Waals surface area contributed by atoms with Gasteiger partial charge in [-0.25, -0.2) is 0 Å². The van der Waals surface area contributed by atoms with E-state index >= 15 is 0 Å². The minimum Gasteiger partial charge on any atom is -0.465 e. The van der Waals surface area contributed by atoms with E-state index in [2.05, 4.69) is 31.0 Å². The van der Waals surface area contributed by atoms with Gasteiger partial charge >= 0.3 is 5.97 Å². The lowest BCUT2D eigenvalue weighted by atomic mass is 9.84. The lowest BCUT2D eigenvalue weighted by Crippen LogP contribution is -2.54. The zero-order valence-electron chi connectivity index (χ0n) is 14.6. The van der Waals surface area contributed by atoms with Gasteiger partial charge < -0.3 is 15.0 Å². The van der Waals surface area contributed by atoms with Crippen LogP contribution in [0.25, 0.3) is 0 Å². The summed E-state index contributed by atoms with van der Waals surface area (Å²) in [7, 11) is 1.90. The number of esters is 1. The van der Waals surface area contributed by atoms with E-state index in [9.17, 15) is 4.79 Å². The average molecular weight is 298 g/mol. The number of carbonyl (C=O) groups is 1. The number of hydrogen-bond donors (Lipinski definition) is 1. The Kier molecular flexibility index (Phi) is 7.67. The van der Waals surface area contributed by atoms with Crippen LogP contribution in [-0.4, -0.2) is 49.7 Å². The van der Waals surface area contributed by atoms with Crippen LogP contribution >= 0.6 is 0 Å². The lowest BCUT2D eigenvalue weighted by molar-refractivity contribution is -0.153. The van der Waals surface area contributed by atoms with Gasteiger partial charge in [-0.1, -0.05) is 27.2 Å². The smallest absolute Gasteiger partial charge is 0.326 e. The number of carbonyl (C=O) groups excluding carboxylic acids is 1. The zero-order valence-corrected chi connectivity index (χ0v) is 14.6. The SMILES string of the molecule is CCOC(=O)C1(NC)CCCC1CCN(CC)CC(C)C. The molecule has 0 aromatic carbocycles. The second kappa shape index (κ2) is 8.74. The van der Waals surface area contributed by atoms with Crippen molar-refractivity contribution in [2.45, 2.75) is 58.9 Å². The molecule has 1 rings (SSSR count). The molecule has 4 nitrogen and oxygen atoms in total. The summed E-state index contributed by atoms with van der Waals surface area (Å²) in [6, 6.07) is 0. The highest BCUT2D eigenvalue weighted by molar-refractivity contribution is 5.81. The monoisotopic (exact) mass is 298 g/mol. The molecule has 0 aromatic rings. The zero-order chi connectivity index (χ0) is 15.9. The van der Waals surface area contributed by atoms with Crippen LogP contribution in [0.2, 0.25) is 0 Å². The molecule has 4 heteroatoms. The number of nitrogens with zero attached hydrogens (tertiary/aromatic N) is 1. The molecule has 1 fully saturated rings. The molecule has 2 unspecified atom stereocenters. The van der Waals surface area contributed by atoms with E-state index in [1.54, 1.807) is 0 Å². The standard InChI is InChI=1S/C17H34N2O2/c1-6-19(13-14(3)4)12-10-15-9-8-11-17(15,18-5)16(20)21-7-2/h14-15,18H,6-13H2,1-5H3. The summed E-state index contributed by atoms with van der Waals surface area (Å²) in [5.74, 6) is 1.03. The first-order valence-electron chi connectivity index (χ1n) is 8.58. The van der Waals surface area contributed by atoms with Gasteiger partial charge in [0.15, 0.2) is 0 Å². The maximum absolute atomic E-state index is 12.4. The summed E-state index contributed by atoms with van der Waals surface area (Å²) in [4.78, 5) is 14.9.